The molecular weight excluding hydrogens is 254 g/mol. The summed E-state index contributed by atoms with van der Waals surface area (Å²) in [4.78, 5) is 23.5. The fourth-order valence-corrected chi connectivity index (χ4v) is 1.48. The summed E-state index contributed by atoms with van der Waals surface area (Å²) in [6, 6.07) is 7.10. The number of nitrogens with two attached hydrogens (primary N) is 1. The first-order valence-corrected chi connectivity index (χ1v) is 6.74. The van der Waals surface area contributed by atoms with E-state index in [1.165, 1.54) is 0 Å². The van der Waals surface area contributed by atoms with Crippen LogP contribution in [0.15, 0.2) is 24.3 Å². The molecule has 4 N–H and O–H groups in total. The summed E-state index contributed by atoms with van der Waals surface area (Å²) in [5.74, 6) is -0.140. The average Bonchev–Trinajstić information content (AvgIpc) is 2.35. The van der Waals surface area contributed by atoms with Gasteiger partial charge >= 0.3 is 0 Å². The zero-order valence-electron chi connectivity index (χ0n) is 12.3. The van der Waals surface area contributed by atoms with Crippen molar-refractivity contribution in [3.05, 3.63) is 24.3 Å². The third-order valence-electron chi connectivity index (χ3n) is 2.69. The van der Waals surface area contributed by atoms with Crippen molar-refractivity contribution in [2.75, 3.05) is 17.2 Å². The van der Waals surface area contributed by atoms with Crippen molar-refractivity contribution < 1.29 is 9.59 Å². The van der Waals surface area contributed by atoms with E-state index < -0.39 is 5.41 Å². The van der Waals surface area contributed by atoms with Crippen LogP contribution < -0.4 is 16.4 Å². The van der Waals surface area contributed by atoms with Gasteiger partial charge in [-0.15, -0.1) is 0 Å². The molecule has 0 aliphatic heterocycles. The van der Waals surface area contributed by atoms with Crippen molar-refractivity contribution in [3.63, 3.8) is 0 Å². The summed E-state index contributed by atoms with van der Waals surface area (Å²) in [5, 5.41) is 5.61. The Morgan fingerprint density at radius 1 is 1.15 bits per heavy atom. The van der Waals surface area contributed by atoms with E-state index in [1.54, 1.807) is 24.3 Å². The molecule has 0 heterocycles. The monoisotopic (exact) mass is 277 g/mol. The zero-order chi connectivity index (χ0) is 15.2. The maximum absolute atomic E-state index is 11.9. The Balaban J connectivity index is 2.66. The lowest BCUT2D eigenvalue weighted by atomic mass is 9.95. The molecule has 2 amide bonds. The molecule has 0 aliphatic carbocycles. The number of carbonyl (C=O) groups excluding carboxylic acids is 2. The topological polar surface area (TPSA) is 84.2 Å². The second-order valence-electron chi connectivity index (χ2n) is 5.73. The van der Waals surface area contributed by atoms with Gasteiger partial charge in [0.05, 0.1) is 0 Å². The van der Waals surface area contributed by atoms with Crippen molar-refractivity contribution in [1.82, 2.24) is 0 Å². The van der Waals surface area contributed by atoms with Crippen LogP contribution in [0.2, 0.25) is 0 Å². The number of nitrogens with one attached hydrogen (secondary N) is 2. The molecule has 0 aromatic heterocycles. The molecule has 5 nitrogen and oxygen atoms in total. The Labute approximate surface area is 119 Å². The van der Waals surface area contributed by atoms with Gasteiger partial charge in [-0.25, -0.2) is 0 Å². The van der Waals surface area contributed by atoms with Crippen LogP contribution in [0.4, 0.5) is 11.4 Å². The second-order valence-corrected chi connectivity index (χ2v) is 5.73. The van der Waals surface area contributed by atoms with Crippen molar-refractivity contribution in [1.29, 1.82) is 0 Å². The largest absolute Gasteiger partial charge is 0.330 e. The number of hydrogen-bond donors (Lipinski definition) is 3. The summed E-state index contributed by atoms with van der Waals surface area (Å²) in [6.07, 6.45) is 1.06. The normalized spacial score (nSPS) is 11.0. The maximum atomic E-state index is 11.9. The molecule has 0 fully saturated rings. The standard InChI is InChI=1S/C15H23N3O2/c1-15(2,3)14(20)18-12-7-4-6-11(10-12)17-13(19)8-5-9-16/h4,6-7,10H,5,8-9,16H2,1-3H3,(H,17,19)(H,18,20). The van der Waals surface area contributed by atoms with Gasteiger partial charge in [0.2, 0.25) is 11.8 Å². The van der Waals surface area contributed by atoms with E-state index in [4.69, 9.17) is 5.73 Å². The molecule has 0 aliphatic rings. The first-order valence-electron chi connectivity index (χ1n) is 6.74. The Hall–Kier alpha value is -1.88. The van der Waals surface area contributed by atoms with Gasteiger partial charge in [0.25, 0.3) is 0 Å². The van der Waals surface area contributed by atoms with Gasteiger partial charge in [-0.05, 0) is 31.2 Å². The van der Waals surface area contributed by atoms with E-state index in [2.05, 4.69) is 10.6 Å². The van der Waals surface area contributed by atoms with Gasteiger partial charge in [-0.2, -0.15) is 0 Å². The number of carbonyl (C=O) groups is 2. The molecular formula is C15H23N3O2. The highest BCUT2D eigenvalue weighted by molar-refractivity contribution is 5.96. The fourth-order valence-electron chi connectivity index (χ4n) is 1.48. The third kappa shape index (κ3) is 5.40. The average molecular weight is 277 g/mol. The first-order chi connectivity index (χ1) is 9.32. The van der Waals surface area contributed by atoms with Crippen LogP contribution in [0.1, 0.15) is 33.6 Å². The molecule has 110 valence electrons. The van der Waals surface area contributed by atoms with Crippen molar-refractivity contribution in [2.24, 2.45) is 11.1 Å². The lowest BCUT2D eigenvalue weighted by Gasteiger charge is -2.18. The first kappa shape index (κ1) is 16.2. The summed E-state index contributed by atoms with van der Waals surface area (Å²) < 4.78 is 0. The van der Waals surface area contributed by atoms with Crippen LogP contribution in [0.5, 0.6) is 0 Å². The lowest BCUT2D eigenvalue weighted by molar-refractivity contribution is -0.123. The van der Waals surface area contributed by atoms with Crippen LogP contribution >= 0.6 is 0 Å². The van der Waals surface area contributed by atoms with Crippen LogP contribution in [0.25, 0.3) is 0 Å². The van der Waals surface area contributed by atoms with Crippen LogP contribution in [0.3, 0.4) is 0 Å². The minimum absolute atomic E-state index is 0.0656. The molecule has 1 aromatic rings. The molecule has 0 atom stereocenters. The Kier molecular flexibility index (Phi) is 5.70. The van der Waals surface area contributed by atoms with Crippen LogP contribution in [0, 0.1) is 5.41 Å². The minimum Gasteiger partial charge on any atom is -0.330 e. The highest BCUT2D eigenvalue weighted by Crippen LogP contribution is 2.20. The van der Waals surface area contributed by atoms with Gasteiger partial charge in [0.15, 0.2) is 0 Å². The second kappa shape index (κ2) is 7.05. The van der Waals surface area contributed by atoms with E-state index in [-0.39, 0.29) is 11.8 Å². The molecule has 0 radical (unpaired) electrons. The van der Waals surface area contributed by atoms with Gasteiger partial charge in [-0.3, -0.25) is 9.59 Å². The van der Waals surface area contributed by atoms with Gasteiger partial charge in [0, 0.05) is 23.2 Å². The Bertz CT molecular complexity index is 478. The van der Waals surface area contributed by atoms with Crippen molar-refractivity contribution in [3.8, 4) is 0 Å². The highest BCUT2D eigenvalue weighted by atomic mass is 16.2. The molecule has 1 rings (SSSR count). The zero-order valence-corrected chi connectivity index (χ0v) is 12.3. The van der Waals surface area contributed by atoms with Crippen molar-refractivity contribution >= 4 is 23.2 Å². The fraction of sp³-hybridized carbons (Fsp3) is 0.467. The predicted octanol–water partition coefficient (Wildman–Crippen LogP) is 2.35. The van der Waals surface area contributed by atoms with E-state index in [9.17, 15) is 9.59 Å². The predicted molar refractivity (Wildman–Crippen MR) is 81.4 cm³/mol. The third-order valence-corrected chi connectivity index (χ3v) is 2.69. The number of rotatable bonds is 5. The van der Waals surface area contributed by atoms with Gasteiger partial charge in [-0.1, -0.05) is 26.8 Å². The summed E-state index contributed by atoms with van der Waals surface area (Å²) in [7, 11) is 0. The summed E-state index contributed by atoms with van der Waals surface area (Å²) in [5.41, 5.74) is 6.24. The molecule has 5 heteroatoms. The molecule has 1 aromatic carbocycles. The molecule has 0 spiro atoms. The van der Waals surface area contributed by atoms with E-state index >= 15 is 0 Å². The van der Waals surface area contributed by atoms with E-state index in [0.717, 1.165) is 0 Å². The number of anilines is 2. The number of hydrogen-bond acceptors (Lipinski definition) is 3. The number of benzene rings is 1. The van der Waals surface area contributed by atoms with Crippen LogP contribution in [-0.4, -0.2) is 18.4 Å². The van der Waals surface area contributed by atoms with E-state index in [1.807, 2.05) is 20.8 Å². The Morgan fingerprint density at radius 2 is 1.75 bits per heavy atom. The smallest absolute Gasteiger partial charge is 0.229 e. The molecule has 0 bridgehead atoms. The molecule has 20 heavy (non-hydrogen) atoms. The van der Waals surface area contributed by atoms with Crippen LogP contribution in [-0.2, 0) is 9.59 Å². The maximum Gasteiger partial charge on any atom is 0.229 e. The SMILES string of the molecule is CC(C)(C)C(=O)Nc1cccc(NC(=O)CCCN)c1. The van der Waals surface area contributed by atoms with Gasteiger partial charge in [0.1, 0.15) is 0 Å². The number of amides is 2. The summed E-state index contributed by atoms with van der Waals surface area (Å²) >= 11 is 0. The van der Waals surface area contributed by atoms with E-state index in [0.29, 0.717) is 30.8 Å². The van der Waals surface area contributed by atoms with Crippen molar-refractivity contribution in [2.45, 2.75) is 33.6 Å². The van der Waals surface area contributed by atoms with Gasteiger partial charge < -0.3 is 16.4 Å². The lowest BCUT2D eigenvalue weighted by Crippen LogP contribution is -2.27. The minimum atomic E-state index is -0.458. The molecule has 0 saturated carbocycles. The highest BCUT2D eigenvalue weighted by Gasteiger charge is 2.21. The quantitative estimate of drug-likeness (QED) is 0.772. The Morgan fingerprint density at radius 3 is 2.30 bits per heavy atom. The summed E-state index contributed by atoms with van der Waals surface area (Å²) in [6.45, 7) is 6.04. The molecule has 0 saturated heterocycles. The molecule has 0 unspecified atom stereocenters.